The van der Waals surface area contributed by atoms with Crippen LogP contribution in [0.15, 0.2) is 6.33 Å². The van der Waals surface area contributed by atoms with Crippen molar-refractivity contribution in [1.29, 1.82) is 0 Å². The van der Waals surface area contributed by atoms with Gasteiger partial charge >= 0.3 is 0 Å². The Hall–Kier alpha value is -1.89. The number of anilines is 2. The van der Waals surface area contributed by atoms with Gasteiger partial charge in [0.1, 0.15) is 5.52 Å². The zero-order valence-electron chi connectivity index (χ0n) is 12.4. The van der Waals surface area contributed by atoms with Crippen LogP contribution in [0.1, 0.15) is 26.2 Å². The van der Waals surface area contributed by atoms with Crippen LogP contribution in [-0.2, 0) is 4.74 Å². The van der Waals surface area contributed by atoms with E-state index in [2.05, 4.69) is 37.5 Å². The van der Waals surface area contributed by atoms with Gasteiger partial charge in [-0.3, -0.25) is 0 Å². The highest BCUT2D eigenvalue weighted by molar-refractivity contribution is 5.83. The average molecular weight is 290 g/mol. The van der Waals surface area contributed by atoms with E-state index in [1.165, 1.54) is 0 Å². The summed E-state index contributed by atoms with van der Waals surface area (Å²) in [6.45, 7) is 5.63. The van der Waals surface area contributed by atoms with E-state index in [1.54, 1.807) is 6.33 Å². The third-order valence-corrected chi connectivity index (χ3v) is 3.69. The van der Waals surface area contributed by atoms with E-state index in [1.807, 2.05) is 0 Å². The molecule has 2 aromatic heterocycles. The molecule has 0 aromatic carbocycles. The molecular weight excluding hydrogens is 268 g/mol. The van der Waals surface area contributed by atoms with Gasteiger partial charge in [0.15, 0.2) is 11.5 Å². The van der Waals surface area contributed by atoms with Gasteiger partial charge in [-0.15, -0.1) is 0 Å². The summed E-state index contributed by atoms with van der Waals surface area (Å²) in [4.78, 5) is 16.3. The molecule has 0 amide bonds. The maximum atomic E-state index is 5.40. The molecule has 0 spiro atoms. The maximum absolute atomic E-state index is 5.40. The summed E-state index contributed by atoms with van der Waals surface area (Å²) in [5.41, 5.74) is 1.55. The van der Waals surface area contributed by atoms with E-state index in [9.17, 15) is 0 Å². The van der Waals surface area contributed by atoms with Crippen molar-refractivity contribution in [3.05, 3.63) is 6.33 Å². The van der Waals surface area contributed by atoms with Crippen molar-refractivity contribution in [1.82, 2.24) is 19.9 Å². The first-order valence-electron chi connectivity index (χ1n) is 7.63. The van der Waals surface area contributed by atoms with Crippen LogP contribution in [-0.4, -0.2) is 46.2 Å². The van der Waals surface area contributed by atoms with Crippen LogP contribution in [0.2, 0.25) is 0 Å². The predicted molar refractivity (Wildman–Crippen MR) is 82.5 cm³/mol. The Balaban J connectivity index is 1.68. The molecule has 2 aromatic rings. The number of nitrogens with zero attached hydrogens (tertiary/aromatic N) is 3. The Morgan fingerprint density at radius 3 is 3.10 bits per heavy atom. The largest absolute Gasteiger partial charge is 0.381 e. The van der Waals surface area contributed by atoms with Crippen molar-refractivity contribution >= 4 is 22.9 Å². The van der Waals surface area contributed by atoms with Crippen molar-refractivity contribution in [2.75, 3.05) is 36.9 Å². The summed E-state index contributed by atoms with van der Waals surface area (Å²) >= 11 is 0. The fourth-order valence-corrected chi connectivity index (χ4v) is 2.48. The lowest BCUT2D eigenvalue weighted by molar-refractivity contribution is 0.185. The molecule has 1 atom stereocenters. The van der Waals surface area contributed by atoms with Gasteiger partial charge in [-0.2, -0.15) is 9.97 Å². The molecule has 7 nitrogen and oxygen atoms in total. The van der Waals surface area contributed by atoms with Crippen LogP contribution >= 0.6 is 0 Å². The lowest BCUT2D eigenvalue weighted by Crippen LogP contribution is -2.12. The van der Waals surface area contributed by atoms with Gasteiger partial charge in [0.05, 0.1) is 6.33 Å². The average Bonchev–Trinajstić information content (AvgIpc) is 3.15. The third-order valence-electron chi connectivity index (χ3n) is 3.69. The summed E-state index contributed by atoms with van der Waals surface area (Å²) in [6, 6.07) is 0. The number of H-pyrrole nitrogens is 1. The number of hydrogen-bond donors (Lipinski definition) is 3. The molecule has 0 radical (unpaired) electrons. The van der Waals surface area contributed by atoms with E-state index >= 15 is 0 Å². The minimum absolute atomic E-state index is 0.628. The number of aromatic nitrogens is 4. The van der Waals surface area contributed by atoms with E-state index in [0.29, 0.717) is 17.5 Å². The fraction of sp³-hybridized carbons (Fsp3) is 0.643. The molecule has 0 saturated carbocycles. The molecule has 114 valence electrons. The Labute approximate surface area is 123 Å². The zero-order chi connectivity index (χ0) is 14.5. The SMILES string of the molecule is CCCNc1nc(NCCC2CCOC2)c2[nH]cnc2n1. The molecule has 1 aliphatic heterocycles. The third kappa shape index (κ3) is 3.41. The number of fused-ring (bicyclic) bond motifs is 1. The maximum Gasteiger partial charge on any atom is 0.226 e. The number of imidazole rings is 1. The fourth-order valence-electron chi connectivity index (χ4n) is 2.48. The van der Waals surface area contributed by atoms with Crippen molar-refractivity contribution in [2.45, 2.75) is 26.2 Å². The van der Waals surface area contributed by atoms with Gasteiger partial charge in [0.25, 0.3) is 0 Å². The lowest BCUT2D eigenvalue weighted by atomic mass is 10.1. The summed E-state index contributed by atoms with van der Waals surface area (Å²) in [6.07, 6.45) is 4.94. The van der Waals surface area contributed by atoms with Crippen LogP contribution in [0.3, 0.4) is 0 Å². The highest BCUT2D eigenvalue weighted by Crippen LogP contribution is 2.20. The molecule has 3 rings (SSSR count). The molecule has 3 N–H and O–H groups in total. The van der Waals surface area contributed by atoms with Crippen LogP contribution in [0.4, 0.5) is 11.8 Å². The number of ether oxygens (including phenoxy) is 1. The molecular formula is C14H22N6O. The number of nitrogens with one attached hydrogen (secondary N) is 3. The molecule has 0 bridgehead atoms. The first-order chi connectivity index (χ1) is 10.4. The summed E-state index contributed by atoms with van der Waals surface area (Å²) in [7, 11) is 0. The Bertz CT molecular complexity index is 578. The standard InChI is InChI=1S/C14H22N6O/c1-2-5-16-14-19-12(11-13(20-14)18-9-17-11)15-6-3-10-4-7-21-8-10/h9-10H,2-8H2,1H3,(H3,15,16,17,18,19,20). The van der Waals surface area contributed by atoms with Crippen molar-refractivity contribution in [2.24, 2.45) is 5.92 Å². The normalized spacial score (nSPS) is 18.2. The second-order valence-corrected chi connectivity index (χ2v) is 5.37. The van der Waals surface area contributed by atoms with Gasteiger partial charge in [-0.1, -0.05) is 6.92 Å². The number of aromatic amines is 1. The molecule has 21 heavy (non-hydrogen) atoms. The van der Waals surface area contributed by atoms with Crippen LogP contribution < -0.4 is 10.6 Å². The molecule has 1 unspecified atom stereocenters. The minimum Gasteiger partial charge on any atom is -0.381 e. The molecule has 1 saturated heterocycles. The van der Waals surface area contributed by atoms with Crippen LogP contribution in [0.5, 0.6) is 0 Å². The van der Waals surface area contributed by atoms with Crippen molar-refractivity contribution in [3.8, 4) is 0 Å². The molecule has 1 fully saturated rings. The summed E-state index contributed by atoms with van der Waals surface area (Å²) in [5, 5.41) is 6.61. The monoisotopic (exact) mass is 290 g/mol. The van der Waals surface area contributed by atoms with E-state index in [-0.39, 0.29) is 0 Å². The van der Waals surface area contributed by atoms with Gasteiger partial charge in [0.2, 0.25) is 5.95 Å². The number of hydrogen-bond acceptors (Lipinski definition) is 6. The van der Waals surface area contributed by atoms with Gasteiger partial charge < -0.3 is 20.4 Å². The van der Waals surface area contributed by atoms with E-state index in [0.717, 1.165) is 56.9 Å². The first kappa shape index (κ1) is 14.1. The number of rotatable bonds is 7. The van der Waals surface area contributed by atoms with Crippen LogP contribution in [0, 0.1) is 5.92 Å². The molecule has 7 heteroatoms. The quantitative estimate of drug-likeness (QED) is 0.723. The minimum atomic E-state index is 0.628. The summed E-state index contributed by atoms with van der Waals surface area (Å²) < 4.78 is 5.40. The van der Waals surface area contributed by atoms with Crippen molar-refractivity contribution < 1.29 is 4.74 Å². The Morgan fingerprint density at radius 1 is 1.33 bits per heavy atom. The zero-order valence-corrected chi connectivity index (χ0v) is 12.4. The smallest absolute Gasteiger partial charge is 0.226 e. The van der Waals surface area contributed by atoms with Gasteiger partial charge in [-0.05, 0) is 25.2 Å². The van der Waals surface area contributed by atoms with E-state index in [4.69, 9.17) is 4.74 Å². The topological polar surface area (TPSA) is 87.8 Å². The molecule has 1 aliphatic rings. The second kappa shape index (κ2) is 6.71. The lowest BCUT2D eigenvalue weighted by Gasteiger charge is -2.11. The second-order valence-electron chi connectivity index (χ2n) is 5.37. The molecule has 0 aliphatic carbocycles. The Morgan fingerprint density at radius 2 is 2.29 bits per heavy atom. The van der Waals surface area contributed by atoms with Crippen LogP contribution in [0.25, 0.3) is 11.2 Å². The van der Waals surface area contributed by atoms with E-state index < -0.39 is 0 Å². The Kier molecular flexibility index (Phi) is 4.49. The highest BCUT2D eigenvalue weighted by atomic mass is 16.5. The highest BCUT2D eigenvalue weighted by Gasteiger charge is 2.15. The van der Waals surface area contributed by atoms with Gasteiger partial charge in [0, 0.05) is 26.3 Å². The predicted octanol–water partition coefficient (Wildman–Crippen LogP) is 2.01. The van der Waals surface area contributed by atoms with Gasteiger partial charge in [-0.25, -0.2) is 4.98 Å². The summed E-state index contributed by atoms with van der Waals surface area (Å²) in [5.74, 6) is 2.10. The first-order valence-corrected chi connectivity index (χ1v) is 7.63. The molecule has 3 heterocycles. The van der Waals surface area contributed by atoms with Crippen molar-refractivity contribution in [3.63, 3.8) is 0 Å².